The fraction of sp³-hybridized carbons (Fsp3) is 0.667. The Morgan fingerprint density at radius 2 is 1.90 bits per heavy atom. The number of hydrogen-bond donors (Lipinski definition) is 1. The van der Waals surface area contributed by atoms with Crippen LogP contribution in [0.4, 0.5) is 5.69 Å². The lowest BCUT2D eigenvalue weighted by Gasteiger charge is -2.31. The molecule has 0 aromatic heterocycles. The number of benzene rings is 1. The quantitative estimate of drug-likeness (QED) is 0.501. The Labute approximate surface area is 184 Å². The summed E-state index contributed by atoms with van der Waals surface area (Å²) in [5.41, 5.74) is 0.221. The normalized spacial score (nSPS) is 21.5. The van der Waals surface area contributed by atoms with E-state index in [-0.39, 0.29) is 35.5 Å². The van der Waals surface area contributed by atoms with Crippen LogP contribution in [-0.2, 0) is 14.8 Å². The van der Waals surface area contributed by atoms with E-state index in [2.05, 4.69) is 24.1 Å². The highest BCUT2D eigenvalue weighted by Crippen LogP contribution is 2.28. The number of sulfonamides is 1. The first-order valence-corrected chi connectivity index (χ1v) is 12.3. The number of likely N-dealkylation sites (tertiary alicyclic amines) is 1. The van der Waals surface area contributed by atoms with E-state index in [1.54, 1.807) is 6.92 Å². The third-order valence-corrected chi connectivity index (χ3v) is 8.48. The SMILES string of the molecule is Cc1ccc([N+](=O)[O-])cc1S(=O)(=O)N1CCC(C(=O)NCC2CCN(C(C)C)C2)CC1. The van der Waals surface area contributed by atoms with Crippen LogP contribution in [0, 0.1) is 28.9 Å². The molecule has 2 heterocycles. The molecule has 1 unspecified atom stereocenters. The first kappa shape index (κ1) is 23.6. The van der Waals surface area contributed by atoms with Gasteiger partial charge in [-0.1, -0.05) is 6.07 Å². The van der Waals surface area contributed by atoms with Crippen molar-refractivity contribution in [1.82, 2.24) is 14.5 Å². The van der Waals surface area contributed by atoms with Crippen molar-refractivity contribution >= 4 is 21.6 Å². The van der Waals surface area contributed by atoms with Crippen molar-refractivity contribution in [3.05, 3.63) is 33.9 Å². The van der Waals surface area contributed by atoms with Gasteiger partial charge >= 0.3 is 0 Å². The number of carbonyl (C=O) groups excluding carboxylic acids is 1. The van der Waals surface area contributed by atoms with Crippen molar-refractivity contribution in [2.75, 3.05) is 32.7 Å². The lowest BCUT2D eigenvalue weighted by Crippen LogP contribution is -2.44. The number of nitrogens with zero attached hydrogens (tertiary/aromatic N) is 3. The number of hydrogen-bond acceptors (Lipinski definition) is 6. The van der Waals surface area contributed by atoms with Crippen molar-refractivity contribution in [3.63, 3.8) is 0 Å². The molecule has 1 N–H and O–H groups in total. The van der Waals surface area contributed by atoms with Gasteiger partial charge in [0.1, 0.15) is 0 Å². The summed E-state index contributed by atoms with van der Waals surface area (Å²) in [6, 6.07) is 4.39. The van der Waals surface area contributed by atoms with Crippen molar-refractivity contribution in [2.45, 2.75) is 51.0 Å². The second-order valence-electron chi connectivity index (χ2n) is 8.87. The van der Waals surface area contributed by atoms with Gasteiger partial charge in [-0.05, 0) is 58.1 Å². The number of nitro benzene ring substituents is 1. The highest BCUT2D eigenvalue weighted by Gasteiger charge is 2.34. The van der Waals surface area contributed by atoms with Crippen LogP contribution in [0.2, 0.25) is 0 Å². The predicted octanol–water partition coefficient (Wildman–Crippen LogP) is 2.15. The summed E-state index contributed by atoms with van der Waals surface area (Å²) >= 11 is 0. The van der Waals surface area contributed by atoms with Gasteiger partial charge < -0.3 is 10.2 Å². The zero-order valence-corrected chi connectivity index (χ0v) is 19.2. The standard InChI is InChI=1S/C21H32N4O5S/c1-15(2)23-9-6-17(14-23)13-22-21(26)18-7-10-24(11-8-18)31(29,30)20-12-19(25(27)28)5-4-16(20)3/h4-5,12,15,17-18H,6-11,13-14H2,1-3H3,(H,22,26). The van der Waals surface area contributed by atoms with E-state index in [9.17, 15) is 23.3 Å². The molecule has 172 valence electrons. The molecule has 10 heteroatoms. The Morgan fingerprint density at radius 3 is 2.48 bits per heavy atom. The summed E-state index contributed by atoms with van der Waals surface area (Å²) in [5, 5.41) is 14.1. The zero-order chi connectivity index (χ0) is 22.8. The molecule has 0 bridgehead atoms. The molecule has 0 radical (unpaired) electrons. The van der Waals surface area contributed by atoms with Gasteiger partial charge in [-0.25, -0.2) is 8.42 Å². The van der Waals surface area contributed by atoms with Gasteiger partial charge in [0.2, 0.25) is 15.9 Å². The number of nitro groups is 1. The molecule has 9 nitrogen and oxygen atoms in total. The molecule has 0 aliphatic carbocycles. The fourth-order valence-electron chi connectivity index (χ4n) is 4.37. The number of carbonyl (C=O) groups is 1. The maximum absolute atomic E-state index is 13.0. The van der Waals surface area contributed by atoms with E-state index < -0.39 is 14.9 Å². The minimum Gasteiger partial charge on any atom is -0.356 e. The maximum Gasteiger partial charge on any atom is 0.270 e. The molecule has 2 saturated heterocycles. The Balaban J connectivity index is 1.55. The van der Waals surface area contributed by atoms with E-state index in [1.807, 2.05) is 0 Å². The van der Waals surface area contributed by atoms with Gasteiger partial charge in [0, 0.05) is 50.3 Å². The van der Waals surface area contributed by atoms with E-state index >= 15 is 0 Å². The third-order valence-electron chi connectivity index (χ3n) is 6.44. The van der Waals surface area contributed by atoms with Crippen LogP contribution >= 0.6 is 0 Å². The second kappa shape index (κ2) is 9.62. The van der Waals surface area contributed by atoms with Crippen molar-refractivity contribution < 1.29 is 18.1 Å². The average Bonchev–Trinajstić information content (AvgIpc) is 3.21. The summed E-state index contributed by atoms with van der Waals surface area (Å²) in [5.74, 6) is 0.246. The number of piperidine rings is 1. The fourth-order valence-corrected chi connectivity index (χ4v) is 6.08. The van der Waals surface area contributed by atoms with Gasteiger partial charge in [-0.2, -0.15) is 4.31 Å². The molecule has 2 fully saturated rings. The average molecular weight is 453 g/mol. The lowest BCUT2D eigenvalue weighted by molar-refractivity contribution is -0.385. The summed E-state index contributed by atoms with van der Waals surface area (Å²) < 4.78 is 27.4. The zero-order valence-electron chi connectivity index (χ0n) is 18.4. The van der Waals surface area contributed by atoms with Crippen molar-refractivity contribution in [1.29, 1.82) is 0 Å². The number of nitrogens with one attached hydrogen (secondary N) is 1. The van der Waals surface area contributed by atoms with Crippen LogP contribution in [0.25, 0.3) is 0 Å². The van der Waals surface area contributed by atoms with Crippen LogP contribution < -0.4 is 5.32 Å². The highest BCUT2D eigenvalue weighted by molar-refractivity contribution is 7.89. The van der Waals surface area contributed by atoms with Crippen LogP contribution in [0.15, 0.2) is 23.1 Å². The lowest BCUT2D eigenvalue weighted by atomic mass is 9.97. The summed E-state index contributed by atoms with van der Waals surface area (Å²) in [4.78, 5) is 25.4. The van der Waals surface area contributed by atoms with Crippen molar-refractivity contribution in [3.8, 4) is 0 Å². The van der Waals surface area contributed by atoms with Gasteiger partial charge in [0.05, 0.1) is 9.82 Å². The minimum absolute atomic E-state index is 0.00780. The summed E-state index contributed by atoms with van der Waals surface area (Å²) in [6.45, 7) is 9.16. The molecule has 0 spiro atoms. The molecular formula is C21H32N4O5S. The molecule has 31 heavy (non-hydrogen) atoms. The minimum atomic E-state index is -3.85. The van der Waals surface area contributed by atoms with Crippen LogP contribution in [0.3, 0.4) is 0 Å². The number of aryl methyl sites for hydroxylation is 1. The number of rotatable bonds is 7. The van der Waals surface area contributed by atoms with E-state index in [4.69, 9.17) is 0 Å². The number of non-ortho nitro benzene ring substituents is 1. The van der Waals surface area contributed by atoms with E-state index in [1.165, 1.54) is 16.4 Å². The second-order valence-corrected chi connectivity index (χ2v) is 10.8. The molecule has 1 atom stereocenters. The van der Waals surface area contributed by atoms with E-state index in [0.29, 0.717) is 36.9 Å². The smallest absolute Gasteiger partial charge is 0.270 e. The van der Waals surface area contributed by atoms with Gasteiger partial charge in [-0.3, -0.25) is 14.9 Å². The van der Waals surface area contributed by atoms with Crippen LogP contribution in [0.1, 0.15) is 38.7 Å². The Kier molecular flexibility index (Phi) is 7.33. The maximum atomic E-state index is 13.0. The Morgan fingerprint density at radius 1 is 1.23 bits per heavy atom. The molecule has 2 aliphatic rings. The molecule has 2 aliphatic heterocycles. The predicted molar refractivity (Wildman–Crippen MR) is 117 cm³/mol. The first-order valence-electron chi connectivity index (χ1n) is 10.9. The van der Waals surface area contributed by atoms with Crippen LogP contribution in [-0.4, -0.2) is 67.2 Å². The molecule has 0 saturated carbocycles. The molecule has 1 amide bonds. The van der Waals surface area contributed by atoms with Gasteiger partial charge in [0.25, 0.3) is 5.69 Å². The summed E-state index contributed by atoms with van der Waals surface area (Å²) in [6.07, 6.45) is 1.97. The Hall–Kier alpha value is -2.04. The van der Waals surface area contributed by atoms with Gasteiger partial charge in [-0.15, -0.1) is 0 Å². The number of amides is 1. The van der Waals surface area contributed by atoms with Crippen LogP contribution in [0.5, 0.6) is 0 Å². The monoisotopic (exact) mass is 452 g/mol. The summed E-state index contributed by atoms with van der Waals surface area (Å²) in [7, 11) is -3.85. The molecular weight excluding hydrogens is 420 g/mol. The Bertz CT molecular complexity index is 926. The molecule has 1 aromatic rings. The van der Waals surface area contributed by atoms with E-state index in [0.717, 1.165) is 25.6 Å². The highest BCUT2D eigenvalue weighted by atomic mass is 32.2. The first-order chi connectivity index (χ1) is 14.6. The van der Waals surface area contributed by atoms with Gasteiger partial charge in [0.15, 0.2) is 0 Å². The topological polar surface area (TPSA) is 113 Å². The largest absolute Gasteiger partial charge is 0.356 e. The molecule has 3 rings (SSSR count). The third kappa shape index (κ3) is 5.42. The van der Waals surface area contributed by atoms with Crippen molar-refractivity contribution in [2.24, 2.45) is 11.8 Å². The molecule has 1 aromatic carbocycles.